The number of hydrogen-bond acceptors (Lipinski definition) is 5. The predicted octanol–water partition coefficient (Wildman–Crippen LogP) is 3.56. The summed E-state index contributed by atoms with van der Waals surface area (Å²) in [6.45, 7) is 0. The summed E-state index contributed by atoms with van der Waals surface area (Å²) in [4.78, 5) is 37.7. The third-order valence-corrected chi connectivity index (χ3v) is 4.30. The van der Waals surface area contributed by atoms with Crippen molar-refractivity contribution in [3.63, 3.8) is 0 Å². The van der Waals surface area contributed by atoms with Crippen LogP contribution in [0.4, 0.5) is 11.4 Å². The van der Waals surface area contributed by atoms with Gasteiger partial charge in [-0.3, -0.25) is 9.59 Å². The van der Waals surface area contributed by atoms with Crippen LogP contribution in [-0.4, -0.2) is 22.9 Å². The van der Waals surface area contributed by atoms with Crippen molar-refractivity contribution in [1.82, 2.24) is 0 Å². The Morgan fingerprint density at radius 3 is 2.32 bits per heavy atom. The number of hydrogen-bond donors (Lipinski definition) is 2. The molecule has 1 heterocycles. The first-order valence-corrected chi connectivity index (χ1v) is 8.33. The molecule has 0 aromatic heterocycles. The molecule has 0 saturated heterocycles. The molecule has 28 heavy (non-hydrogen) atoms. The number of anilines is 2. The number of fused-ring (bicyclic) bond motifs is 1. The normalized spacial score (nSPS) is 12.8. The van der Waals surface area contributed by atoms with Gasteiger partial charge in [0.1, 0.15) is 11.5 Å². The van der Waals surface area contributed by atoms with Crippen LogP contribution in [0.1, 0.15) is 31.1 Å². The fraction of sp³-hybridized carbons (Fsp3) is 0. The molecule has 138 valence electrons. The molecular formula is C21H14N2O5. The van der Waals surface area contributed by atoms with Crippen LogP contribution in [0.2, 0.25) is 0 Å². The number of carboxylic acids is 1. The molecule has 1 aliphatic heterocycles. The molecule has 0 aliphatic carbocycles. The molecule has 1 aliphatic rings. The van der Waals surface area contributed by atoms with Crippen molar-refractivity contribution in [1.29, 1.82) is 0 Å². The maximum atomic E-state index is 12.8. The van der Waals surface area contributed by atoms with Crippen LogP contribution < -0.4 is 15.4 Å². The van der Waals surface area contributed by atoms with Crippen LogP contribution in [-0.2, 0) is 0 Å². The fourth-order valence-corrected chi connectivity index (χ4v) is 3.01. The molecule has 3 aromatic rings. The highest BCUT2D eigenvalue weighted by Crippen LogP contribution is 2.33. The van der Waals surface area contributed by atoms with Gasteiger partial charge >= 0.3 is 5.97 Å². The molecule has 0 spiro atoms. The Kier molecular flexibility index (Phi) is 4.04. The van der Waals surface area contributed by atoms with Gasteiger partial charge in [0.2, 0.25) is 0 Å². The second-order valence-electron chi connectivity index (χ2n) is 6.18. The lowest BCUT2D eigenvalue weighted by Gasteiger charge is -2.14. The number of nitrogens with zero attached hydrogens (tertiary/aromatic N) is 1. The molecule has 0 unspecified atom stereocenters. The Labute approximate surface area is 159 Å². The number of ether oxygens (including phenoxy) is 1. The van der Waals surface area contributed by atoms with Gasteiger partial charge in [0.05, 0.1) is 22.4 Å². The first kappa shape index (κ1) is 17.3. The topological polar surface area (TPSA) is 110 Å². The Morgan fingerprint density at radius 1 is 0.857 bits per heavy atom. The average Bonchev–Trinajstić information content (AvgIpc) is 2.92. The zero-order valence-electron chi connectivity index (χ0n) is 14.5. The van der Waals surface area contributed by atoms with Crippen molar-refractivity contribution in [3.8, 4) is 11.5 Å². The van der Waals surface area contributed by atoms with E-state index >= 15 is 0 Å². The zero-order chi connectivity index (χ0) is 19.8. The van der Waals surface area contributed by atoms with Crippen molar-refractivity contribution >= 4 is 29.2 Å². The maximum absolute atomic E-state index is 12.8. The Balaban J connectivity index is 1.67. The highest BCUT2D eigenvalue weighted by molar-refractivity contribution is 6.34. The second-order valence-corrected chi connectivity index (χ2v) is 6.18. The van der Waals surface area contributed by atoms with Gasteiger partial charge in [0, 0.05) is 11.8 Å². The van der Waals surface area contributed by atoms with E-state index in [0.717, 1.165) is 4.90 Å². The van der Waals surface area contributed by atoms with Crippen LogP contribution in [0, 0.1) is 0 Å². The summed E-state index contributed by atoms with van der Waals surface area (Å²) < 4.78 is 5.72. The van der Waals surface area contributed by atoms with Gasteiger partial charge in [-0.1, -0.05) is 12.1 Å². The predicted molar refractivity (Wildman–Crippen MR) is 102 cm³/mol. The number of rotatable bonds is 4. The summed E-state index contributed by atoms with van der Waals surface area (Å²) in [6.07, 6.45) is 0. The van der Waals surface area contributed by atoms with Crippen LogP contribution in [0.15, 0.2) is 66.7 Å². The van der Waals surface area contributed by atoms with E-state index in [1.165, 1.54) is 36.4 Å². The van der Waals surface area contributed by atoms with Crippen molar-refractivity contribution in [2.45, 2.75) is 0 Å². The van der Waals surface area contributed by atoms with Gasteiger partial charge in [-0.25, -0.2) is 9.69 Å². The minimum atomic E-state index is -1.14. The van der Waals surface area contributed by atoms with E-state index < -0.39 is 17.8 Å². The lowest BCUT2D eigenvalue weighted by Crippen LogP contribution is -2.29. The SMILES string of the molecule is Nc1cccc(Oc2ccc3c(c2)C(=O)N(c2cccc(C(=O)O)c2)C3=O)c1. The minimum absolute atomic E-state index is 0.0141. The third kappa shape index (κ3) is 2.95. The van der Waals surface area contributed by atoms with Gasteiger partial charge in [0.15, 0.2) is 0 Å². The largest absolute Gasteiger partial charge is 0.478 e. The van der Waals surface area contributed by atoms with Crippen LogP contribution in [0.25, 0.3) is 0 Å². The van der Waals surface area contributed by atoms with Crippen molar-refractivity contribution < 1.29 is 24.2 Å². The van der Waals surface area contributed by atoms with Crippen molar-refractivity contribution in [3.05, 3.63) is 83.4 Å². The summed E-state index contributed by atoms with van der Waals surface area (Å²) in [7, 11) is 0. The summed E-state index contributed by atoms with van der Waals surface area (Å²) in [5, 5.41) is 9.14. The average molecular weight is 374 g/mol. The monoisotopic (exact) mass is 374 g/mol. The number of carboxylic acid groups (broad SMARTS) is 1. The van der Waals surface area contributed by atoms with Crippen LogP contribution >= 0.6 is 0 Å². The van der Waals surface area contributed by atoms with Crippen LogP contribution in [0.5, 0.6) is 11.5 Å². The van der Waals surface area contributed by atoms with Gasteiger partial charge in [0.25, 0.3) is 11.8 Å². The summed E-state index contributed by atoms with van der Waals surface area (Å²) in [5.74, 6) is -1.32. The van der Waals surface area contributed by atoms with E-state index in [0.29, 0.717) is 17.2 Å². The molecule has 7 heteroatoms. The molecule has 0 bridgehead atoms. The number of carbonyl (C=O) groups is 3. The Morgan fingerprint density at radius 2 is 1.57 bits per heavy atom. The third-order valence-electron chi connectivity index (χ3n) is 4.30. The Hall–Kier alpha value is -4.13. The lowest BCUT2D eigenvalue weighted by atomic mass is 10.1. The summed E-state index contributed by atoms with van der Waals surface area (Å²) in [5.41, 5.74) is 6.87. The first-order valence-electron chi connectivity index (χ1n) is 8.33. The molecule has 3 N–H and O–H groups in total. The lowest BCUT2D eigenvalue weighted by molar-refractivity contribution is 0.0695. The van der Waals surface area contributed by atoms with E-state index in [-0.39, 0.29) is 22.4 Å². The van der Waals surface area contributed by atoms with Gasteiger partial charge in [-0.2, -0.15) is 0 Å². The number of imide groups is 1. The molecule has 0 saturated carbocycles. The first-order chi connectivity index (χ1) is 13.4. The summed E-state index contributed by atoms with van der Waals surface area (Å²) in [6, 6.07) is 17.1. The number of nitrogen functional groups attached to an aromatic ring is 1. The van der Waals surface area contributed by atoms with E-state index in [9.17, 15) is 14.4 Å². The van der Waals surface area contributed by atoms with Gasteiger partial charge < -0.3 is 15.6 Å². The Bertz CT molecular complexity index is 1140. The summed E-state index contributed by atoms with van der Waals surface area (Å²) >= 11 is 0. The molecule has 2 amide bonds. The second kappa shape index (κ2) is 6.55. The highest BCUT2D eigenvalue weighted by Gasteiger charge is 2.37. The molecule has 7 nitrogen and oxygen atoms in total. The van der Waals surface area contributed by atoms with E-state index in [4.69, 9.17) is 15.6 Å². The number of amides is 2. The molecule has 0 fully saturated rings. The standard InChI is InChI=1S/C21H14N2O5/c22-13-4-2-6-15(10-13)28-16-7-8-17-18(11-16)20(25)23(19(17)24)14-5-1-3-12(9-14)21(26)27/h1-11H,22H2,(H,26,27). The highest BCUT2D eigenvalue weighted by atomic mass is 16.5. The fourth-order valence-electron chi connectivity index (χ4n) is 3.01. The molecule has 4 rings (SSSR count). The van der Waals surface area contributed by atoms with Gasteiger partial charge in [-0.05, 0) is 48.5 Å². The van der Waals surface area contributed by atoms with E-state index in [1.54, 1.807) is 30.3 Å². The number of carbonyl (C=O) groups excluding carboxylic acids is 2. The van der Waals surface area contributed by atoms with Crippen molar-refractivity contribution in [2.24, 2.45) is 0 Å². The minimum Gasteiger partial charge on any atom is -0.478 e. The van der Waals surface area contributed by atoms with Crippen LogP contribution in [0.3, 0.4) is 0 Å². The zero-order valence-corrected chi connectivity index (χ0v) is 14.5. The molecule has 0 atom stereocenters. The quantitative estimate of drug-likeness (QED) is 0.534. The number of benzene rings is 3. The maximum Gasteiger partial charge on any atom is 0.335 e. The van der Waals surface area contributed by atoms with E-state index in [1.807, 2.05) is 0 Å². The smallest absolute Gasteiger partial charge is 0.335 e. The number of nitrogens with two attached hydrogens (primary N) is 1. The molecular weight excluding hydrogens is 360 g/mol. The number of aromatic carboxylic acids is 1. The molecule has 3 aromatic carbocycles. The van der Waals surface area contributed by atoms with Gasteiger partial charge in [-0.15, -0.1) is 0 Å². The molecule has 0 radical (unpaired) electrons. The van der Waals surface area contributed by atoms with Crippen molar-refractivity contribution in [2.75, 3.05) is 10.6 Å². The van der Waals surface area contributed by atoms with E-state index in [2.05, 4.69) is 0 Å².